The van der Waals surface area contributed by atoms with Crippen LogP contribution in [-0.4, -0.2) is 23.9 Å². The first-order valence-electron chi connectivity index (χ1n) is 11.0. The van der Waals surface area contributed by atoms with Gasteiger partial charge in [0, 0.05) is 29.5 Å². The van der Waals surface area contributed by atoms with Crippen LogP contribution in [0.5, 0.6) is 5.75 Å². The summed E-state index contributed by atoms with van der Waals surface area (Å²) < 4.78 is 18.9. The van der Waals surface area contributed by atoms with E-state index in [4.69, 9.17) is 4.74 Å². The molecular weight excluding hydrogens is 465 g/mol. The summed E-state index contributed by atoms with van der Waals surface area (Å²) in [4.78, 5) is 33.5. The number of aromatic nitrogens is 1. The third-order valence-electron chi connectivity index (χ3n) is 5.43. The van der Waals surface area contributed by atoms with E-state index in [9.17, 15) is 14.0 Å². The highest BCUT2D eigenvalue weighted by atomic mass is 32.1. The minimum atomic E-state index is -0.978. The highest BCUT2D eigenvalue weighted by Gasteiger charge is 2.33. The van der Waals surface area contributed by atoms with E-state index in [1.54, 1.807) is 31.6 Å². The van der Waals surface area contributed by atoms with Gasteiger partial charge >= 0.3 is 0 Å². The van der Waals surface area contributed by atoms with Gasteiger partial charge in [-0.1, -0.05) is 18.2 Å². The van der Waals surface area contributed by atoms with Gasteiger partial charge < -0.3 is 10.1 Å². The van der Waals surface area contributed by atoms with E-state index >= 15 is 0 Å². The maximum Gasteiger partial charge on any atom is 0.248 e. The number of hydrogen-bond donors (Lipinski definition) is 1. The number of carbonyl (C=O) groups is 2. The zero-order chi connectivity index (χ0) is 24.6. The van der Waals surface area contributed by atoms with E-state index in [0.29, 0.717) is 11.3 Å². The number of carbonyl (C=O) groups excluding carboxylic acids is 2. The lowest BCUT2D eigenvalue weighted by molar-refractivity contribution is -0.126. The summed E-state index contributed by atoms with van der Waals surface area (Å²) in [5.74, 6) is -0.350. The Kier molecular flexibility index (Phi) is 7.84. The molecule has 2 aromatic heterocycles. The first-order valence-corrected chi connectivity index (χ1v) is 11.8. The molecule has 0 saturated heterocycles. The zero-order valence-electron chi connectivity index (χ0n) is 19.1. The summed E-state index contributed by atoms with van der Waals surface area (Å²) >= 11 is 1.46. The van der Waals surface area contributed by atoms with Crippen molar-refractivity contribution in [2.45, 2.75) is 19.0 Å². The van der Waals surface area contributed by atoms with Crippen LogP contribution in [0.1, 0.15) is 22.0 Å². The van der Waals surface area contributed by atoms with Gasteiger partial charge in [0.25, 0.3) is 0 Å². The fraction of sp³-hybridized carbons (Fsp3) is 0.148. The molecule has 1 unspecified atom stereocenters. The van der Waals surface area contributed by atoms with Crippen molar-refractivity contribution in [1.82, 2.24) is 10.3 Å². The van der Waals surface area contributed by atoms with E-state index < -0.39 is 11.9 Å². The van der Waals surface area contributed by atoms with E-state index in [2.05, 4.69) is 10.3 Å². The number of pyridine rings is 1. The summed E-state index contributed by atoms with van der Waals surface area (Å²) in [6.45, 7) is 0.265. The van der Waals surface area contributed by atoms with Crippen molar-refractivity contribution in [3.63, 3.8) is 0 Å². The van der Waals surface area contributed by atoms with Crippen LogP contribution in [0, 0.1) is 5.82 Å². The Morgan fingerprint density at radius 3 is 2.37 bits per heavy atom. The van der Waals surface area contributed by atoms with E-state index in [-0.39, 0.29) is 24.8 Å². The Morgan fingerprint density at radius 2 is 1.74 bits per heavy atom. The Morgan fingerprint density at radius 1 is 1.03 bits per heavy atom. The Labute approximate surface area is 207 Å². The van der Waals surface area contributed by atoms with Crippen LogP contribution in [0.3, 0.4) is 0 Å². The number of anilines is 1. The number of thiophene rings is 1. The van der Waals surface area contributed by atoms with Gasteiger partial charge in [0.15, 0.2) is 0 Å². The number of benzene rings is 2. The van der Waals surface area contributed by atoms with Crippen molar-refractivity contribution >= 4 is 28.8 Å². The van der Waals surface area contributed by atoms with Crippen molar-refractivity contribution in [1.29, 1.82) is 0 Å². The van der Waals surface area contributed by atoms with Gasteiger partial charge in [-0.15, -0.1) is 11.3 Å². The number of methoxy groups -OCH3 is 1. The molecule has 0 spiro atoms. The molecule has 0 radical (unpaired) electrons. The van der Waals surface area contributed by atoms with Crippen molar-refractivity contribution in [2.75, 3.05) is 12.0 Å². The number of nitrogens with one attached hydrogen (secondary N) is 1. The molecule has 1 atom stereocenters. The summed E-state index contributed by atoms with van der Waals surface area (Å²) in [6, 6.07) is 19.1. The predicted molar refractivity (Wildman–Crippen MR) is 134 cm³/mol. The summed E-state index contributed by atoms with van der Waals surface area (Å²) in [5.41, 5.74) is 1.90. The molecule has 2 amide bonds. The van der Waals surface area contributed by atoms with Crippen LogP contribution in [0.4, 0.5) is 10.1 Å². The summed E-state index contributed by atoms with van der Waals surface area (Å²) in [6.07, 6.45) is 3.26. The smallest absolute Gasteiger partial charge is 0.248 e. The molecule has 178 valence electrons. The van der Waals surface area contributed by atoms with Crippen LogP contribution in [-0.2, 0) is 22.6 Å². The van der Waals surface area contributed by atoms with Crippen LogP contribution in [0.2, 0.25) is 0 Å². The first kappa shape index (κ1) is 24.1. The van der Waals surface area contributed by atoms with Crippen molar-refractivity contribution in [3.8, 4) is 5.75 Å². The van der Waals surface area contributed by atoms with Gasteiger partial charge in [0.1, 0.15) is 17.6 Å². The Balaban J connectivity index is 1.67. The number of halogens is 1. The number of nitrogens with zero attached hydrogens (tertiary/aromatic N) is 2. The molecule has 0 aliphatic rings. The Hall–Kier alpha value is -4.04. The minimum absolute atomic E-state index is 0.113. The normalized spacial score (nSPS) is 11.5. The molecule has 35 heavy (non-hydrogen) atoms. The van der Waals surface area contributed by atoms with Crippen molar-refractivity contribution in [3.05, 3.63) is 112 Å². The molecular formula is C27H24FN3O3S. The molecule has 2 aromatic carbocycles. The molecule has 0 aliphatic heterocycles. The van der Waals surface area contributed by atoms with Crippen LogP contribution < -0.4 is 15.0 Å². The third-order valence-corrected chi connectivity index (χ3v) is 6.31. The van der Waals surface area contributed by atoms with E-state index in [1.807, 2.05) is 41.8 Å². The molecule has 0 bridgehead atoms. The van der Waals surface area contributed by atoms with E-state index in [0.717, 1.165) is 16.2 Å². The van der Waals surface area contributed by atoms with Gasteiger partial charge in [-0.3, -0.25) is 19.5 Å². The average Bonchev–Trinajstić information content (AvgIpc) is 3.40. The average molecular weight is 490 g/mol. The summed E-state index contributed by atoms with van der Waals surface area (Å²) in [5, 5.41) is 4.84. The molecule has 6 nitrogen and oxygen atoms in total. The maximum atomic E-state index is 13.7. The maximum absolute atomic E-state index is 13.7. The van der Waals surface area contributed by atoms with Gasteiger partial charge in [-0.25, -0.2) is 4.39 Å². The molecule has 0 aliphatic carbocycles. The number of ether oxygens (including phenoxy) is 1. The molecule has 1 N–H and O–H groups in total. The number of hydrogen-bond acceptors (Lipinski definition) is 5. The predicted octanol–water partition coefficient (Wildman–Crippen LogP) is 4.92. The zero-order valence-corrected chi connectivity index (χ0v) is 19.9. The molecule has 0 fully saturated rings. The SMILES string of the molecule is COc1ccc(CNC(=O)C(c2ccncc2)N(C(=O)Cc2cccs2)c2ccc(F)cc2)cc1. The highest BCUT2D eigenvalue weighted by Crippen LogP contribution is 2.29. The molecule has 4 rings (SSSR count). The first-order chi connectivity index (χ1) is 17.0. The van der Waals surface area contributed by atoms with Crippen LogP contribution in [0.15, 0.2) is 90.6 Å². The molecule has 0 saturated carbocycles. The highest BCUT2D eigenvalue weighted by molar-refractivity contribution is 7.10. The topological polar surface area (TPSA) is 71.5 Å². The van der Waals surface area contributed by atoms with E-state index in [1.165, 1.54) is 40.5 Å². The number of rotatable bonds is 9. The lowest BCUT2D eigenvalue weighted by Gasteiger charge is -2.31. The lowest BCUT2D eigenvalue weighted by Crippen LogP contribution is -2.44. The second-order valence-electron chi connectivity index (χ2n) is 7.75. The largest absolute Gasteiger partial charge is 0.497 e. The van der Waals surface area contributed by atoms with Gasteiger partial charge in [-0.05, 0) is 71.1 Å². The summed E-state index contributed by atoms with van der Waals surface area (Å²) in [7, 11) is 1.59. The molecule has 8 heteroatoms. The fourth-order valence-corrected chi connectivity index (χ4v) is 4.37. The monoisotopic (exact) mass is 489 g/mol. The van der Waals surface area contributed by atoms with Gasteiger partial charge in [0.05, 0.1) is 13.5 Å². The van der Waals surface area contributed by atoms with Crippen LogP contribution >= 0.6 is 11.3 Å². The van der Waals surface area contributed by atoms with Crippen LogP contribution in [0.25, 0.3) is 0 Å². The number of amides is 2. The minimum Gasteiger partial charge on any atom is -0.497 e. The molecule has 2 heterocycles. The second kappa shape index (κ2) is 11.4. The lowest BCUT2D eigenvalue weighted by atomic mass is 10.0. The fourth-order valence-electron chi connectivity index (χ4n) is 3.68. The van der Waals surface area contributed by atoms with Crippen molar-refractivity contribution < 1.29 is 18.7 Å². The quantitative estimate of drug-likeness (QED) is 0.362. The van der Waals surface area contributed by atoms with Gasteiger partial charge in [-0.2, -0.15) is 0 Å². The molecule has 4 aromatic rings. The second-order valence-corrected chi connectivity index (χ2v) is 8.78. The third kappa shape index (κ3) is 6.10. The van der Waals surface area contributed by atoms with Crippen molar-refractivity contribution in [2.24, 2.45) is 0 Å². The Bertz CT molecular complexity index is 1250. The van der Waals surface area contributed by atoms with Gasteiger partial charge in [0.2, 0.25) is 11.8 Å². The standard InChI is InChI=1S/C27H24FN3O3S/c1-34-23-10-4-19(5-11-23)18-30-27(33)26(20-12-14-29-15-13-20)31(22-8-6-21(28)7-9-22)25(32)17-24-3-2-16-35-24/h2-16,26H,17-18H2,1H3,(H,30,33).